The minimum absolute atomic E-state index is 0.0601. The van der Waals surface area contributed by atoms with Crippen molar-refractivity contribution in [3.05, 3.63) is 0 Å². The zero-order valence-electron chi connectivity index (χ0n) is 13.5. The van der Waals surface area contributed by atoms with Crippen LogP contribution in [0.5, 0.6) is 0 Å². The SMILES string of the molecule is CC(C)CC(C)CC(=O)N1C(C(=O)O)CC2CCCCC21. The Hall–Kier alpha value is -1.06. The van der Waals surface area contributed by atoms with Gasteiger partial charge in [0.2, 0.25) is 5.91 Å². The van der Waals surface area contributed by atoms with Crippen molar-refractivity contribution < 1.29 is 14.7 Å². The lowest BCUT2D eigenvalue weighted by Gasteiger charge is -2.33. The molecule has 2 aliphatic rings. The molecule has 0 spiro atoms. The summed E-state index contributed by atoms with van der Waals surface area (Å²) < 4.78 is 0. The molecule has 4 nitrogen and oxygen atoms in total. The van der Waals surface area contributed by atoms with Crippen molar-refractivity contribution in [3.8, 4) is 0 Å². The Labute approximate surface area is 127 Å². The molecule has 1 amide bonds. The molecule has 4 heteroatoms. The number of hydrogen-bond donors (Lipinski definition) is 1. The van der Waals surface area contributed by atoms with Crippen LogP contribution in [0.15, 0.2) is 0 Å². The average Bonchev–Trinajstić information content (AvgIpc) is 2.76. The van der Waals surface area contributed by atoms with Gasteiger partial charge in [0.05, 0.1) is 0 Å². The highest BCUT2D eigenvalue weighted by Gasteiger charge is 2.47. The van der Waals surface area contributed by atoms with Gasteiger partial charge in [0, 0.05) is 12.5 Å². The van der Waals surface area contributed by atoms with Gasteiger partial charge < -0.3 is 10.0 Å². The Bertz CT molecular complexity index is 393. The minimum Gasteiger partial charge on any atom is -0.480 e. The molecule has 1 saturated carbocycles. The number of carboxylic acids is 1. The monoisotopic (exact) mass is 295 g/mol. The number of nitrogens with zero attached hydrogens (tertiary/aromatic N) is 1. The van der Waals surface area contributed by atoms with Gasteiger partial charge in [-0.2, -0.15) is 0 Å². The molecule has 0 aromatic heterocycles. The van der Waals surface area contributed by atoms with E-state index in [0.29, 0.717) is 30.6 Å². The van der Waals surface area contributed by atoms with E-state index in [4.69, 9.17) is 0 Å². The summed E-state index contributed by atoms with van der Waals surface area (Å²) in [6.45, 7) is 6.42. The normalized spacial score (nSPS) is 30.3. The Morgan fingerprint density at radius 3 is 2.48 bits per heavy atom. The number of carbonyl (C=O) groups is 2. The predicted molar refractivity (Wildman–Crippen MR) is 81.9 cm³/mol. The standard InChI is InChI=1S/C17H29NO3/c1-11(2)8-12(3)9-16(19)18-14-7-5-4-6-13(14)10-15(18)17(20)21/h11-15H,4-10H2,1-3H3,(H,20,21). The third kappa shape index (κ3) is 3.78. The number of fused-ring (bicyclic) bond motifs is 1. The second-order valence-electron chi connectivity index (χ2n) is 7.44. The minimum atomic E-state index is -0.825. The third-order valence-electron chi connectivity index (χ3n) is 5.06. The summed E-state index contributed by atoms with van der Waals surface area (Å²) in [4.78, 5) is 25.9. The lowest BCUT2D eigenvalue weighted by Crippen LogP contribution is -2.46. The van der Waals surface area contributed by atoms with Crippen molar-refractivity contribution in [2.24, 2.45) is 17.8 Å². The van der Waals surface area contributed by atoms with Gasteiger partial charge in [0.25, 0.3) is 0 Å². The second-order valence-corrected chi connectivity index (χ2v) is 7.44. The molecule has 0 radical (unpaired) electrons. The van der Waals surface area contributed by atoms with E-state index in [1.54, 1.807) is 4.90 Å². The number of aliphatic carboxylic acids is 1. The molecule has 2 fully saturated rings. The van der Waals surface area contributed by atoms with E-state index in [2.05, 4.69) is 20.8 Å². The average molecular weight is 295 g/mol. The Morgan fingerprint density at radius 2 is 1.86 bits per heavy atom. The van der Waals surface area contributed by atoms with Crippen molar-refractivity contribution in [2.75, 3.05) is 0 Å². The topological polar surface area (TPSA) is 57.6 Å². The zero-order valence-corrected chi connectivity index (χ0v) is 13.5. The molecule has 1 aliphatic heterocycles. The Morgan fingerprint density at radius 1 is 1.19 bits per heavy atom. The Kier molecular flexibility index (Phi) is 5.28. The highest BCUT2D eigenvalue weighted by atomic mass is 16.4. The maximum Gasteiger partial charge on any atom is 0.326 e. The van der Waals surface area contributed by atoms with Crippen LogP contribution < -0.4 is 0 Å². The zero-order chi connectivity index (χ0) is 15.6. The molecule has 1 aliphatic carbocycles. The molecule has 0 aromatic rings. The second kappa shape index (κ2) is 6.80. The molecule has 21 heavy (non-hydrogen) atoms. The molecular weight excluding hydrogens is 266 g/mol. The van der Waals surface area contributed by atoms with Gasteiger partial charge in [0.15, 0.2) is 0 Å². The van der Waals surface area contributed by atoms with Crippen LogP contribution in [0.1, 0.15) is 65.7 Å². The molecule has 1 N–H and O–H groups in total. The molecule has 120 valence electrons. The van der Waals surface area contributed by atoms with Crippen LogP contribution >= 0.6 is 0 Å². The summed E-state index contributed by atoms with van der Waals surface area (Å²) in [5.41, 5.74) is 0. The van der Waals surface area contributed by atoms with E-state index in [-0.39, 0.29) is 11.9 Å². The van der Waals surface area contributed by atoms with Crippen molar-refractivity contribution in [1.29, 1.82) is 0 Å². The molecule has 1 saturated heterocycles. The summed E-state index contributed by atoms with van der Waals surface area (Å²) >= 11 is 0. The van der Waals surface area contributed by atoms with Crippen LogP contribution in [-0.4, -0.2) is 34.0 Å². The van der Waals surface area contributed by atoms with Crippen LogP contribution in [0.25, 0.3) is 0 Å². The molecule has 2 rings (SSSR count). The van der Waals surface area contributed by atoms with E-state index in [1.165, 1.54) is 6.42 Å². The first-order chi connectivity index (χ1) is 9.90. The van der Waals surface area contributed by atoms with Gasteiger partial charge in [-0.3, -0.25) is 4.79 Å². The number of rotatable bonds is 5. The highest BCUT2D eigenvalue weighted by Crippen LogP contribution is 2.40. The first-order valence-corrected chi connectivity index (χ1v) is 8.44. The maximum atomic E-state index is 12.7. The maximum absolute atomic E-state index is 12.7. The van der Waals surface area contributed by atoms with E-state index >= 15 is 0 Å². The van der Waals surface area contributed by atoms with Gasteiger partial charge >= 0.3 is 5.97 Å². The number of likely N-dealkylation sites (tertiary alicyclic amines) is 1. The lowest BCUT2D eigenvalue weighted by atomic mass is 9.84. The lowest BCUT2D eigenvalue weighted by molar-refractivity contribution is -0.150. The smallest absolute Gasteiger partial charge is 0.326 e. The number of amides is 1. The van der Waals surface area contributed by atoms with Gasteiger partial charge in [-0.1, -0.05) is 33.6 Å². The summed E-state index contributed by atoms with van der Waals surface area (Å²) in [5, 5.41) is 9.47. The molecule has 0 aromatic carbocycles. The van der Waals surface area contributed by atoms with Crippen LogP contribution in [0.2, 0.25) is 0 Å². The molecule has 0 bridgehead atoms. The fourth-order valence-corrected chi connectivity index (χ4v) is 4.33. The molecule has 1 heterocycles. The Balaban J connectivity index is 2.06. The predicted octanol–water partition coefficient (Wildman–Crippen LogP) is 3.30. The van der Waals surface area contributed by atoms with Gasteiger partial charge in [-0.15, -0.1) is 0 Å². The number of hydrogen-bond acceptors (Lipinski definition) is 2. The van der Waals surface area contributed by atoms with Gasteiger partial charge in [-0.05, 0) is 43.4 Å². The van der Waals surface area contributed by atoms with Crippen LogP contribution in [0.3, 0.4) is 0 Å². The fraction of sp³-hybridized carbons (Fsp3) is 0.882. The quantitative estimate of drug-likeness (QED) is 0.846. The van der Waals surface area contributed by atoms with Crippen molar-refractivity contribution in [2.45, 2.75) is 77.8 Å². The van der Waals surface area contributed by atoms with Crippen LogP contribution in [0.4, 0.5) is 0 Å². The summed E-state index contributed by atoms with van der Waals surface area (Å²) in [5.74, 6) is 0.544. The number of carbonyl (C=O) groups excluding carboxylic acids is 1. The van der Waals surface area contributed by atoms with E-state index in [0.717, 1.165) is 25.7 Å². The van der Waals surface area contributed by atoms with Gasteiger partial charge in [-0.25, -0.2) is 4.79 Å². The van der Waals surface area contributed by atoms with E-state index < -0.39 is 12.0 Å². The highest BCUT2D eigenvalue weighted by molar-refractivity contribution is 5.85. The third-order valence-corrected chi connectivity index (χ3v) is 5.06. The van der Waals surface area contributed by atoms with E-state index in [9.17, 15) is 14.7 Å². The molecule has 4 unspecified atom stereocenters. The fourth-order valence-electron chi connectivity index (χ4n) is 4.33. The van der Waals surface area contributed by atoms with Crippen molar-refractivity contribution >= 4 is 11.9 Å². The molecule has 4 atom stereocenters. The van der Waals surface area contributed by atoms with Crippen LogP contribution in [0, 0.1) is 17.8 Å². The number of carboxylic acid groups (broad SMARTS) is 1. The van der Waals surface area contributed by atoms with Crippen LogP contribution in [-0.2, 0) is 9.59 Å². The first-order valence-electron chi connectivity index (χ1n) is 8.44. The van der Waals surface area contributed by atoms with Crippen molar-refractivity contribution in [1.82, 2.24) is 4.90 Å². The largest absolute Gasteiger partial charge is 0.480 e. The first kappa shape index (κ1) is 16.3. The molecular formula is C17H29NO3. The van der Waals surface area contributed by atoms with Gasteiger partial charge in [0.1, 0.15) is 6.04 Å². The van der Waals surface area contributed by atoms with E-state index in [1.807, 2.05) is 0 Å². The van der Waals surface area contributed by atoms with Crippen molar-refractivity contribution in [3.63, 3.8) is 0 Å². The summed E-state index contributed by atoms with van der Waals surface area (Å²) in [6, 6.07) is -0.407. The summed E-state index contributed by atoms with van der Waals surface area (Å²) in [7, 11) is 0. The summed E-state index contributed by atoms with van der Waals surface area (Å²) in [6.07, 6.45) is 6.54.